The summed E-state index contributed by atoms with van der Waals surface area (Å²) in [5.74, 6) is -2.15. The molecule has 4 aliphatic heterocycles. The molecule has 0 radical (unpaired) electrons. The van der Waals surface area contributed by atoms with Crippen LogP contribution in [0.3, 0.4) is 0 Å². The fourth-order valence-corrected chi connectivity index (χ4v) is 7.48. The van der Waals surface area contributed by atoms with Gasteiger partial charge in [0.25, 0.3) is 0 Å². The van der Waals surface area contributed by atoms with Gasteiger partial charge in [-0.05, 0) is 26.7 Å². The first-order chi connectivity index (χ1) is 14.5. The Hall–Kier alpha value is -1.80. The summed E-state index contributed by atoms with van der Waals surface area (Å²) in [6.45, 7) is 10.2. The van der Waals surface area contributed by atoms with Gasteiger partial charge in [-0.1, -0.05) is 38.2 Å². The Morgan fingerprint density at radius 2 is 1.94 bits per heavy atom. The molecule has 8 heteroatoms. The Morgan fingerprint density at radius 3 is 2.55 bits per heavy atom. The van der Waals surface area contributed by atoms with Crippen LogP contribution >= 0.6 is 11.8 Å². The molecule has 2 saturated heterocycles. The average molecular weight is 449 g/mol. The molecule has 0 aliphatic carbocycles. The second kappa shape index (κ2) is 7.66. The van der Waals surface area contributed by atoms with Gasteiger partial charge in [0.15, 0.2) is 0 Å². The molecule has 4 aliphatic rings. The number of likely N-dealkylation sites (tertiary alicyclic amines) is 1. The highest BCUT2D eigenvalue weighted by molar-refractivity contribution is 8.02. The summed E-state index contributed by atoms with van der Waals surface area (Å²) in [6.07, 6.45) is 7.71. The summed E-state index contributed by atoms with van der Waals surface area (Å²) in [7, 11) is 0. The predicted molar refractivity (Wildman–Crippen MR) is 118 cm³/mol. The number of rotatable bonds is 3. The van der Waals surface area contributed by atoms with Crippen LogP contribution in [-0.2, 0) is 19.1 Å². The molecule has 2 amide bonds. The number of ether oxygens (including phenoxy) is 1. The topological polar surface area (TPSA) is 87.2 Å². The van der Waals surface area contributed by atoms with Crippen LogP contribution in [0.1, 0.15) is 34.6 Å². The first-order valence-electron chi connectivity index (χ1n) is 11.0. The Balaban J connectivity index is 1.90. The van der Waals surface area contributed by atoms with Crippen LogP contribution in [0.4, 0.5) is 0 Å². The maximum Gasteiger partial charge on any atom is 0.311 e. The molecule has 1 N–H and O–H groups in total. The number of aliphatic hydroxyl groups excluding tert-OH is 1. The average Bonchev–Trinajstić information content (AvgIpc) is 2.96. The molecule has 7 nitrogen and oxygen atoms in total. The number of nitrogens with zero attached hydrogens (tertiary/aromatic N) is 2. The van der Waals surface area contributed by atoms with Crippen LogP contribution in [0, 0.1) is 17.8 Å². The molecule has 4 rings (SSSR count). The smallest absolute Gasteiger partial charge is 0.311 e. The SMILES string of the molecule is CC(C)[C@H](CO)N1C(=O)[C@@H]2[C@H]3C(=O)OCC=C[C@H]3S[C@@]23C=CCN(C(C)(C)C)C(=O)C13. The van der Waals surface area contributed by atoms with E-state index in [9.17, 15) is 19.5 Å². The minimum absolute atomic E-state index is 0.0466. The number of carbonyl (C=O) groups excluding carboxylic acids is 3. The van der Waals surface area contributed by atoms with Crippen molar-refractivity contribution >= 4 is 29.5 Å². The van der Waals surface area contributed by atoms with Gasteiger partial charge in [0, 0.05) is 17.3 Å². The third-order valence-corrected chi connectivity index (χ3v) is 8.72. The molecule has 2 fully saturated rings. The third-order valence-electron chi connectivity index (χ3n) is 6.98. The van der Waals surface area contributed by atoms with Gasteiger partial charge in [-0.3, -0.25) is 14.4 Å². The van der Waals surface area contributed by atoms with E-state index in [1.165, 1.54) is 11.8 Å². The van der Waals surface area contributed by atoms with Gasteiger partial charge in [-0.25, -0.2) is 0 Å². The highest BCUT2D eigenvalue weighted by atomic mass is 32.2. The van der Waals surface area contributed by atoms with Crippen molar-refractivity contribution in [2.75, 3.05) is 19.8 Å². The highest BCUT2D eigenvalue weighted by Crippen LogP contribution is 2.61. The van der Waals surface area contributed by atoms with Crippen LogP contribution in [0.25, 0.3) is 0 Å². The molecular formula is C23H32N2O5S. The summed E-state index contributed by atoms with van der Waals surface area (Å²) >= 11 is 1.52. The Morgan fingerprint density at radius 1 is 1.23 bits per heavy atom. The second-order valence-electron chi connectivity index (χ2n) is 10.2. The first kappa shape index (κ1) is 22.4. The van der Waals surface area contributed by atoms with Crippen molar-refractivity contribution in [3.8, 4) is 0 Å². The number of amides is 2. The largest absolute Gasteiger partial charge is 0.461 e. The lowest BCUT2D eigenvalue weighted by atomic mass is 9.78. The molecule has 1 unspecified atom stereocenters. The number of fused-ring (bicyclic) bond motifs is 2. The van der Waals surface area contributed by atoms with Crippen molar-refractivity contribution in [2.45, 2.75) is 62.2 Å². The molecule has 0 saturated carbocycles. The van der Waals surface area contributed by atoms with Crippen molar-refractivity contribution < 1.29 is 24.2 Å². The highest BCUT2D eigenvalue weighted by Gasteiger charge is 2.72. The van der Waals surface area contributed by atoms with E-state index in [2.05, 4.69) is 0 Å². The normalized spacial score (nSPS) is 36.2. The summed E-state index contributed by atoms with van der Waals surface area (Å²) in [5, 5.41) is 9.97. The first-order valence-corrected chi connectivity index (χ1v) is 11.9. The van der Waals surface area contributed by atoms with E-state index in [0.29, 0.717) is 6.54 Å². The second-order valence-corrected chi connectivity index (χ2v) is 11.6. The van der Waals surface area contributed by atoms with E-state index in [1.807, 2.05) is 58.9 Å². The molecule has 0 aromatic carbocycles. The monoisotopic (exact) mass is 448 g/mol. The molecule has 170 valence electrons. The van der Waals surface area contributed by atoms with Crippen LogP contribution in [0.5, 0.6) is 0 Å². The van der Waals surface area contributed by atoms with Crippen molar-refractivity contribution in [1.29, 1.82) is 0 Å². The maximum atomic E-state index is 14.0. The standard InChI is InChI=1S/C23H32N2O5S/c1-13(2)14(12-26)25-18-20(28)24(22(3,4)5)10-7-9-23(18)17(19(25)27)16-15(31-23)8-6-11-30-21(16)29/h6-9,13-18,26H,10-12H2,1-5H3/t14-,15+,16-,17-,18?,23-/m0/s1. The van der Waals surface area contributed by atoms with Crippen molar-refractivity contribution in [3.63, 3.8) is 0 Å². The van der Waals surface area contributed by atoms with Gasteiger partial charge in [0.1, 0.15) is 12.6 Å². The van der Waals surface area contributed by atoms with Gasteiger partial charge in [-0.2, -0.15) is 0 Å². The number of hydrogen-bond acceptors (Lipinski definition) is 6. The zero-order chi connectivity index (χ0) is 22.7. The Bertz CT molecular complexity index is 847. The van der Waals surface area contributed by atoms with Gasteiger partial charge in [0.2, 0.25) is 11.8 Å². The van der Waals surface area contributed by atoms with Crippen molar-refractivity contribution in [1.82, 2.24) is 9.80 Å². The summed E-state index contributed by atoms with van der Waals surface area (Å²) in [4.78, 5) is 44.3. The summed E-state index contributed by atoms with van der Waals surface area (Å²) in [6, 6.07) is -1.28. The number of hydrogen-bond donors (Lipinski definition) is 1. The lowest BCUT2D eigenvalue weighted by Gasteiger charge is -2.43. The molecule has 0 bridgehead atoms. The predicted octanol–water partition coefficient (Wildman–Crippen LogP) is 1.61. The van der Waals surface area contributed by atoms with Crippen molar-refractivity contribution in [3.05, 3.63) is 24.3 Å². The van der Waals surface area contributed by atoms with Crippen LogP contribution < -0.4 is 0 Å². The van der Waals surface area contributed by atoms with Gasteiger partial charge >= 0.3 is 5.97 Å². The van der Waals surface area contributed by atoms with Crippen molar-refractivity contribution in [2.24, 2.45) is 17.8 Å². The van der Waals surface area contributed by atoms with Crippen LogP contribution in [-0.4, -0.2) is 80.1 Å². The van der Waals surface area contributed by atoms with Crippen LogP contribution in [0.2, 0.25) is 0 Å². The zero-order valence-electron chi connectivity index (χ0n) is 18.8. The number of carbonyl (C=O) groups is 3. The fraction of sp³-hybridized carbons (Fsp3) is 0.696. The number of thioether (sulfide) groups is 1. The molecular weight excluding hydrogens is 416 g/mol. The summed E-state index contributed by atoms with van der Waals surface area (Å²) in [5.41, 5.74) is -0.432. The summed E-state index contributed by atoms with van der Waals surface area (Å²) < 4.78 is 4.51. The lowest BCUT2D eigenvalue weighted by molar-refractivity contribution is -0.153. The quantitative estimate of drug-likeness (QED) is 0.521. The molecule has 0 aromatic rings. The van der Waals surface area contributed by atoms with Gasteiger partial charge in [-0.15, -0.1) is 11.8 Å². The van der Waals surface area contributed by atoms with E-state index >= 15 is 0 Å². The fourth-order valence-electron chi connectivity index (χ4n) is 5.49. The minimum Gasteiger partial charge on any atom is -0.461 e. The minimum atomic E-state index is -0.869. The number of esters is 1. The molecule has 1 spiro atoms. The van der Waals surface area contributed by atoms with E-state index in [1.54, 1.807) is 9.80 Å². The number of aliphatic hydroxyl groups is 1. The van der Waals surface area contributed by atoms with E-state index < -0.39 is 34.2 Å². The molecule has 6 atom stereocenters. The Labute approximate surface area is 187 Å². The Kier molecular flexibility index (Phi) is 5.53. The third kappa shape index (κ3) is 3.25. The van der Waals surface area contributed by atoms with E-state index in [-0.39, 0.29) is 42.2 Å². The molecule has 4 heterocycles. The molecule has 0 aromatic heterocycles. The number of cyclic esters (lactones) is 1. The van der Waals surface area contributed by atoms with Gasteiger partial charge in [0.05, 0.1) is 29.2 Å². The molecule has 31 heavy (non-hydrogen) atoms. The van der Waals surface area contributed by atoms with E-state index in [0.717, 1.165) is 0 Å². The van der Waals surface area contributed by atoms with E-state index in [4.69, 9.17) is 4.74 Å². The maximum absolute atomic E-state index is 14.0. The lowest BCUT2D eigenvalue weighted by Crippen LogP contribution is -2.60. The zero-order valence-corrected chi connectivity index (χ0v) is 19.6. The van der Waals surface area contributed by atoms with Crippen LogP contribution in [0.15, 0.2) is 24.3 Å². The van der Waals surface area contributed by atoms with Gasteiger partial charge < -0.3 is 19.6 Å².